The Bertz CT molecular complexity index is 547. The number of rotatable bonds is 3. The second-order valence-electron chi connectivity index (χ2n) is 5.25. The molecule has 3 rings (SSSR count). The molecule has 1 saturated heterocycles. The zero-order valence-electron chi connectivity index (χ0n) is 11.0. The Labute approximate surface area is 119 Å². The van der Waals surface area contributed by atoms with Gasteiger partial charge in [-0.15, -0.1) is 13.2 Å². The summed E-state index contributed by atoms with van der Waals surface area (Å²) in [4.78, 5) is 12.1. The fourth-order valence-corrected chi connectivity index (χ4v) is 2.85. The molecule has 0 unspecified atom stereocenters. The zero-order chi connectivity index (χ0) is 15.0. The average molecular weight is 301 g/mol. The summed E-state index contributed by atoms with van der Waals surface area (Å²) < 4.78 is 45.7. The van der Waals surface area contributed by atoms with Crippen LogP contribution in [0.4, 0.5) is 13.2 Å². The summed E-state index contributed by atoms with van der Waals surface area (Å²) in [6.45, 7) is 0.705. The molecule has 2 aliphatic rings. The van der Waals surface area contributed by atoms with Crippen LogP contribution in [0.15, 0.2) is 24.3 Å². The lowest BCUT2D eigenvalue weighted by Crippen LogP contribution is -2.53. The summed E-state index contributed by atoms with van der Waals surface area (Å²) in [5.74, 6) is -0.465. The lowest BCUT2D eigenvalue weighted by Gasteiger charge is -2.39. The van der Waals surface area contributed by atoms with Gasteiger partial charge in [0.15, 0.2) is 0 Å². The number of carbonyl (C=O) groups is 1. The van der Waals surface area contributed by atoms with Crippen LogP contribution in [0.2, 0.25) is 0 Å². The Hall–Kier alpha value is -1.76. The predicted octanol–water partition coefficient (Wildman–Crippen LogP) is 2.49. The fraction of sp³-hybridized carbons (Fsp3) is 0.500. The Morgan fingerprint density at radius 3 is 2.90 bits per heavy atom. The van der Waals surface area contributed by atoms with Gasteiger partial charge in [0.05, 0.1) is 6.10 Å². The van der Waals surface area contributed by atoms with Crippen LogP contribution in [0.25, 0.3) is 0 Å². The maximum atomic E-state index is 12.2. The van der Waals surface area contributed by atoms with Crippen LogP contribution >= 0.6 is 0 Å². The Kier molecular flexibility index (Phi) is 3.52. The molecule has 1 aliphatic carbocycles. The van der Waals surface area contributed by atoms with Gasteiger partial charge >= 0.3 is 6.36 Å². The van der Waals surface area contributed by atoms with Crippen molar-refractivity contribution in [2.75, 3.05) is 6.61 Å². The number of hydrogen-bond donors (Lipinski definition) is 1. The van der Waals surface area contributed by atoms with Gasteiger partial charge in [-0.2, -0.15) is 0 Å². The Morgan fingerprint density at radius 2 is 2.19 bits per heavy atom. The topological polar surface area (TPSA) is 47.6 Å². The molecule has 0 aromatic heterocycles. The quantitative estimate of drug-likeness (QED) is 0.933. The van der Waals surface area contributed by atoms with E-state index in [9.17, 15) is 18.0 Å². The molecule has 1 aromatic carbocycles. The number of hydrogen-bond acceptors (Lipinski definition) is 3. The molecule has 1 saturated carbocycles. The summed E-state index contributed by atoms with van der Waals surface area (Å²) >= 11 is 0. The van der Waals surface area contributed by atoms with Gasteiger partial charge in [0.25, 0.3) is 5.91 Å². The lowest BCUT2D eigenvalue weighted by molar-refractivity contribution is -0.274. The van der Waals surface area contributed by atoms with Crippen LogP contribution in [0.5, 0.6) is 5.75 Å². The van der Waals surface area contributed by atoms with Gasteiger partial charge in [-0.05, 0) is 31.0 Å². The Morgan fingerprint density at radius 1 is 1.38 bits per heavy atom. The second kappa shape index (κ2) is 5.22. The SMILES string of the molecule is O=C(N[C@H]1C[C@@H]2OCC[C@H]12)c1cccc(OC(F)(F)F)c1. The molecule has 1 aromatic rings. The van der Waals surface area contributed by atoms with E-state index in [-0.39, 0.29) is 17.7 Å². The van der Waals surface area contributed by atoms with Gasteiger partial charge in [0.1, 0.15) is 5.75 Å². The van der Waals surface area contributed by atoms with Crippen molar-refractivity contribution in [1.29, 1.82) is 0 Å². The molecule has 0 bridgehead atoms. The minimum Gasteiger partial charge on any atom is -0.406 e. The van der Waals surface area contributed by atoms with E-state index < -0.39 is 18.0 Å². The van der Waals surface area contributed by atoms with E-state index in [1.165, 1.54) is 12.1 Å². The molecular formula is C14H14F3NO3. The standard InChI is InChI=1S/C14H14F3NO3/c15-14(16,17)21-9-3-1-2-8(6-9)13(19)18-11-7-12-10(11)4-5-20-12/h1-3,6,10-12H,4-5,7H2,(H,18,19)/t10-,11+,12+/m1/s1. The molecule has 1 aliphatic heterocycles. The molecule has 1 heterocycles. The summed E-state index contributed by atoms with van der Waals surface area (Å²) in [6, 6.07) is 5.11. The number of alkyl halides is 3. The van der Waals surface area contributed by atoms with Crippen molar-refractivity contribution in [3.05, 3.63) is 29.8 Å². The minimum atomic E-state index is -4.77. The molecule has 0 radical (unpaired) electrons. The van der Waals surface area contributed by atoms with Crippen LogP contribution in [-0.2, 0) is 4.74 Å². The van der Waals surface area contributed by atoms with E-state index in [2.05, 4.69) is 10.1 Å². The highest BCUT2D eigenvalue weighted by Crippen LogP contribution is 2.38. The number of amides is 1. The number of fused-ring (bicyclic) bond motifs is 1. The van der Waals surface area contributed by atoms with Crippen LogP contribution in [-0.4, -0.2) is 31.0 Å². The summed E-state index contributed by atoms with van der Waals surface area (Å²) in [6.07, 6.45) is -2.88. The van der Waals surface area contributed by atoms with Crippen LogP contribution < -0.4 is 10.1 Å². The molecule has 3 atom stereocenters. The number of carbonyl (C=O) groups excluding carboxylic acids is 1. The van der Waals surface area contributed by atoms with E-state index in [1.807, 2.05) is 0 Å². The minimum absolute atomic E-state index is 0.0391. The van der Waals surface area contributed by atoms with Crippen molar-refractivity contribution in [2.24, 2.45) is 5.92 Å². The van der Waals surface area contributed by atoms with Crippen LogP contribution in [0, 0.1) is 5.92 Å². The van der Waals surface area contributed by atoms with Crippen molar-refractivity contribution in [3.63, 3.8) is 0 Å². The van der Waals surface area contributed by atoms with Gasteiger partial charge in [0, 0.05) is 24.1 Å². The molecule has 21 heavy (non-hydrogen) atoms. The second-order valence-corrected chi connectivity index (χ2v) is 5.25. The first-order valence-corrected chi connectivity index (χ1v) is 6.71. The first kappa shape index (κ1) is 14.2. The highest BCUT2D eigenvalue weighted by molar-refractivity contribution is 5.94. The average Bonchev–Trinajstić information content (AvgIpc) is 2.75. The number of nitrogens with one attached hydrogen (secondary N) is 1. The monoisotopic (exact) mass is 301 g/mol. The Balaban J connectivity index is 1.63. The van der Waals surface area contributed by atoms with Gasteiger partial charge < -0.3 is 14.8 Å². The molecule has 0 spiro atoms. The first-order chi connectivity index (χ1) is 9.92. The normalized spacial score (nSPS) is 27.7. The predicted molar refractivity (Wildman–Crippen MR) is 66.8 cm³/mol. The number of halogens is 3. The maximum Gasteiger partial charge on any atom is 0.573 e. The van der Waals surface area contributed by atoms with Crippen LogP contribution in [0.1, 0.15) is 23.2 Å². The number of ether oxygens (including phenoxy) is 2. The van der Waals surface area contributed by atoms with Crippen molar-refractivity contribution in [3.8, 4) is 5.75 Å². The molecule has 2 fully saturated rings. The number of benzene rings is 1. The van der Waals surface area contributed by atoms with Gasteiger partial charge in [-0.1, -0.05) is 6.07 Å². The highest BCUT2D eigenvalue weighted by Gasteiger charge is 2.45. The molecule has 114 valence electrons. The van der Waals surface area contributed by atoms with Gasteiger partial charge in [-0.3, -0.25) is 4.79 Å². The molecule has 1 N–H and O–H groups in total. The third-order valence-electron chi connectivity index (χ3n) is 3.91. The summed E-state index contributed by atoms with van der Waals surface area (Å²) in [5, 5.41) is 2.84. The molecule has 1 amide bonds. The van der Waals surface area contributed by atoms with E-state index >= 15 is 0 Å². The van der Waals surface area contributed by atoms with E-state index in [0.717, 1.165) is 25.0 Å². The van der Waals surface area contributed by atoms with E-state index in [4.69, 9.17) is 4.74 Å². The molecular weight excluding hydrogens is 287 g/mol. The molecule has 7 heteroatoms. The third kappa shape index (κ3) is 3.12. The van der Waals surface area contributed by atoms with Gasteiger partial charge in [-0.25, -0.2) is 0 Å². The largest absolute Gasteiger partial charge is 0.573 e. The fourth-order valence-electron chi connectivity index (χ4n) is 2.85. The van der Waals surface area contributed by atoms with E-state index in [0.29, 0.717) is 12.5 Å². The summed E-state index contributed by atoms with van der Waals surface area (Å²) in [5.41, 5.74) is 0.152. The smallest absolute Gasteiger partial charge is 0.406 e. The highest BCUT2D eigenvalue weighted by atomic mass is 19.4. The van der Waals surface area contributed by atoms with Gasteiger partial charge in [0.2, 0.25) is 0 Å². The molecule has 4 nitrogen and oxygen atoms in total. The van der Waals surface area contributed by atoms with Crippen LogP contribution in [0.3, 0.4) is 0 Å². The van der Waals surface area contributed by atoms with E-state index in [1.54, 1.807) is 0 Å². The zero-order valence-corrected chi connectivity index (χ0v) is 11.0. The first-order valence-electron chi connectivity index (χ1n) is 6.71. The van der Waals surface area contributed by atoms with Crippen molar-refractivity contribution in [1.82, 2.24) is 5.32 Å². The van der Waals surface area contributed by atoms with Crippen molar-refractivity contribution >= 4 is 5.91 Å². The summed E-state index contributed by atoms with van der Waals surface area (Å²) in [7, 11) is 0. The maximum absolute atomic E-state index is 12.2. The van der Waals surface area contributed by atoms with Crippen molar-refractivity contribution < 1.29 is 27.4 Å². The van der Waals surface area contributed by atoms with Crippen molar-refractivity contribution in [2.45, 2.75) is 31.3 Å². The lowest BCUT2D eigenvalue weighted by atomic mass is 9.76. The third-order valence-corrected chi connectivity index (χ3v) is 3.91.